The van der Waals surface area contributed by atoms with Gasteiger partial charge in [0.15, 0.2) is 5.96 Å². The zero-order valence-corrected chi connectivity index (χ0v) is 21.5. The molecular formula is C24H38Cl2F3N5O. The number of halogens is 5. The Balaban J connectivity index is 1.37. The Morgan fingerprint density at radius 2 is 1.74 bits per heavy atom. The standard InChI is InChI=1S/C24H38Cl2F3N5O/c25-16-3-1-2-13(8-16)21-11-22(34-33-21)31-24(30-12-15-4-6-17(27)10-18(15)26)32-23(35)14-5-7-19(28)20(29)9-14/h13-22,33-34H,1-12H2,(H2,30,31,32,35). The quantitative estimate of drug-likeness (QED) is 0.239. The summed E-state index contributed by atoms with van der Waals surface area (Å²) < 4.78 is 41.1. The van der Waals surface area contributed by atoms with E-state index in [-0.39, 0.29) is 53.6 Å². The van der Waals surface area contributed by atoms with Crippen molar-refractivity contribution >= 4 is 35.1 Å². The summed E-state index contributed by atoms with van der Waals surface area (Å²) in [6.07, 6.45) is 2.50. The molecule has 10 unspecified atom stereocenters. The Labute approximate surface area is 215 Å². The predicted molar refractivity (Wildman–Crippen MR) is 133 cm³/mol. The van der Waals surface area contributed by atoms with Gasteiger partial charge in [0.05, 0.1) is 6.17 Å². The molecule has 11 heteroatoms. The van der Waals surface area contributed by atoms with Crippen molar-refractivity contribution in [3.8, 4) is 0 Å². The van der Waals surface area contributed by atoms with Crippen molar-refractivity contribution < 1.29 is 18.0 Å². The fourth-order valence-corrected chi connectivity index (χ4v) is 6.66. The number of alkyl halides is 5. The maximum Gasteiger partial charge on any atom is 0.229 e. The molecule has 4 rings (SSSR count). The first-order chi connectivity index (χ1) is 16.8. The molecule has 4 N–H and O–H groups in total. The van der Waals surface area contributed by atoms with Crippen LogP contribution in [0.5, 0.6) is 0 Å². The molecular weight excluding hydrogens is 502 g/mol. The van der Waals surface area contributed by atoms with E-state index in [2.05, 4.69) is 26.5 Å². The molecule has 6 nitrogen and oxygen atoms in total. The van der Waals surface area contributed by atoms with E-state index in [9.17, 15) is 18.0 Å². The van der Waals surface area contributed by atoms with Gasteiger partial charge in [-0.05, 0) is 76.0 Å². The van der Waals surface area contributed by atoms with Gasteiger partial charge in [-0.3, -0.25) is 20.5 Å². The Bertz CT molecular complexity index is 750. The summed E-state index contributed by atoms with van der Waals surface area (Å²) in [5.74, 6) is -0.180. The van der Waals surface area contributed by atoms with Crippen LogP contribution in [-0.4, -0.2) is 59.9 Å². The van der Waals surface area contributed by atoms with Gasteiger partial charge in [0.25, 0.3) is 0 Å². The minimum absolute atomic E-state index is 0.0138. The largest absolute Gasteiger partial charge is 0.339 e. The van der Waals surface area contributed by atoms with Crippen LogP contribution in [0.1, 0.15) is 70.6 Å². The lowest BCUT2D eigenvalue weighted by atomic mass is 9.83. The van der Waals surface area contributed by atoms with Crippen molar-refractivity contribution in [3.63, 3.8) is 0 Å². The first kappa shape index (κ1) is 27.3. The minimum atomic E-state index is -1.62. The number of hydrogen-bond acceptors (Lipinski definition) is 4. The van der Waals surface area contributed by atoms with Gasteiger partial charge in [-0.25, -0.2) is 18.6 Å². The maximum atomic E-state index is 13.9. The van der Waals surface area contributed by atoms with Crippen LogP contribution in [0.4, 0.5) is 13.2 Å². The van der Waals surface area contributed by atoms with Crippen molar-refractivity contribution in [2.75, 3.05) is 6.54 Å². The van der Waals surface area contributed by atoms with Crippen LogP contribution in [-0.2, 0) is 4.79 Å². The van der Waals surface area contributed by atoms with Crippen LogP contribution in [0.3, 0.4) is 0 Å². The smallest absolute Gasteiger partial charge is 0.229 e. The lowest BCUT2D eigenvalue weighted by molar-refractivity contribution is -0.125. The highest BCUT2D eigenvalue weighted by molar-refractivity contribution is 6.21. The normalized spacial score (nSPS) is 43.1. The predicted octanol–water partition coefficient (Wildman–Crippen LogP) is 4.26. The first-order valence-corrected chi connectivity index (χ1v) is 14.0. The summed E-state index contributed by atoms with van der Waals surface area (Å²) >= 11 is 12.8. The maximum absolute atomic E-state index is 13.9. The van der Waals surface area contributed by atoms with E-state index >= 15 is 0 Å². The van der Waals surface area contributed by atoms with E-state index in [1.165, 1.54) is 0 Å². The van der Waals surface area contributed by atoms with Crippen LogP contribution in [0, 0.1) is 17.8 Å². The fourth-order valence-electron chi connectivity index (χ4n) is 5.88. The van der Waals surface area contributed by atoms with Crippen molar-refractivity contribution in [2.45, 2.75) is 112 Å². The van der Waals surface area contributed by atoms with Gasteiger partial charge in [0.2, 0.25) is 5.91 Å². The van der Waals surface area contributed by atoms with Gasteiger partial charge < -0.3 is 5.32 Å². The molecule has 3 saturated carbocycles. The van der Waals surface area contributed by atoms with Crippen molar-refractivity contribution in [1.82, 2.24) is 21.5 Å². The number of hydrogen-bond donors (Lipinski definition) is 4. The Morgan fingerprint density at radius 1 is 0.914 bits per heavy atom. The van der Waals surface area contributed by atoms with E-state index in [4.69, 9.17) is 23.2 Å². The molecule has 1 aliphatic heterocycles. The number of nitrogens with zero attached hydrogens (tertiary/aromatic N) is 1. The van der Waals surface area contributed by atoms with Crippen LogP contribution in [0.15, 0.2) is 4.99 Å². The van der Waals surface area contributed by atoms with Gasteiger partial charge in [-0.15, -0.1) is 23.2 Å². The molecule has 0 aromatic rings. The fraction of sp³-hybridized carbons (Fsp3) is 0.917. The van der Waals surface area contributed by atoms with Crippen molar-refractivity contribution in [2.24, 2.45) is 22.7 Å². The Kier molecular flexibility index (Phi) is 9.86. The molecule has 200 valence electrons. The number of aliphatic imine (C=N–C) groups is 1. The highest BCUT2D eigenvalue weighted by Gasteiger charge is 2.36. The highest BCUT2D eigenvalue weighted by atomic mass is 35.5. The SMILES string of the molecule is O=C(NC(=NCC1CCC(F)CC1Cl)NC1CC(C2CCCC(Cl)C2)NN1)C1CCC(F)C(F)C1. The lowest BCUT2D eigenvalue weighted by Crippen LogP contribution is -2.52. The molecule has 4 fully saturated rings. The summed E-state index contributed by atoms with van der Waals surface area (Å²) in [5.41, 5.74) is 6.60. The second kappa shape index (κ2) is 12.7. The van der Waals surface area contributed by atoms with E-state index < -0.39 is 24.4 Å². The molecule has 0 radical (unpaired) electrons. The van der Waals surface area contributed by atoms with Gasteiger partial charge in [-0.1, -0.05) is 6.42 Å². The van der Waals surface area contributed by atoms with Gasteiger partial charge in [-0.2, -0.15) is 0 Å². The zero-order valence-electron chi connectivity index (χ0n) is 20.0. The average Bonchev–Trinajstić information content (AvgIpc) is 3.28. The third-order valence-electron chi connectivity index (χ3n) is 8.10. The Morgan fingerprint density at radius 3 is 2.49 bits per heavy atom. The summed E-state index contributed by atoms with van der Waals surface area (Å²) in [6.45, 7) is 0.354. The van der Waals surface area contributed by atoms with Gasteiger partial charge in [0.1, 0.15) is 18.5 Å². The Hall–Kier alpha value is -0.770. The molecule has 1 amide bonds. The summed E-state index contributed by atoms with van der Waals surface area (Å²) in [6, 6.07) is 0.255. The number of hydrazine groups is 1. The van der Waals surface area contributed by atoms with Crippen molar-refractivity contribution in [1.29, 1.82) is 0 Å². The van der Waals surface area contributed by atoms with Crippen LogP contribution >= 0.6 is 23.2 Å². The molecule has 0 aromatic heterocycles. The molecule has 0 spiro atoms. The third-order valence-corrected chi connectivity index (χ3v) is 9.03. The van der Waals surface area contributed by atoms with E-state index in [1.54, 1.807) is 0 Å². The highest BCUT2D eigenvalue weighted by Crippen LogP contribution is 2.33. The zero-order chi connectivity index (χ0) is 24.9. The molecule has 10 atom stereocenters. The second-order valence-electron chi connectivity index (χ2n) is 10.8. The monoisotopic (exact) mass is 539 g/mol. The topological polar surface area (TPSA) is 77.5 Å². The van der Waals surface area contributed by atoms with Gasteiger partial charge in [0, 0.05) is 29.3 Å². The number of amides is 1. The molecule has 3 aliphatic carbocycles. The molecule has 35 heavy (non-hydrogen) atoms. The van der Waals surface area contributed by atoms with Crippen LogP contribution < -0.4 is 21.5 Å². The van der Waals surface area contributed by atoms with Gasteiger partial charge >= 0.3 is 0 Å². The van der Waals surface area contributed by atoms with E-state index in [1.807, 2.05) is 0 Å². The lowest BCUT2D eigenvalue weighted by Gasteiger charge is -2.30. The minimum Gasteiger partial charge on any atom is -0.339 e. The van der Waals surface area contributed by atoms with Crippen LogP contribution in [0.25, 0.3) is 0 Å². The summed E-state index contributed by atoms with van der Waals surface area (Å²) in [7, 11) is 0. The first-order valence-electron chi connectivity index (χ1n) is 13.1. The summed E-state index contributed by atoms with van der Waals surface area (Å²) in [5, 5.41) is 5.99. The average molecular weight is 541 g/mol. The third kappa shape index (κ3) is 7.62. The summed E-state index contributed by atoms with van der Waals surface area (Å²) in [4.78, 5) is 17.5. The molecule has 0 bridgehead atoms. The number of rotatable bonds is 5. The molecule has 0 aromatic carbocycles. The van der Waals surface area contributed by atoms with E-state index in [0.29, 0.717) is 38.1 Å². The molecule has 1 saturated heterocycles. The van der Waals surface area contributed by atoms with Crippen LogP contribution in [0.2, 0.25) is 0 Å². The molecule has 1 heterocycles. The number of nitrogens with one attached hydrogen (secondary N) is 4. The molecule has 4 aliphatic rings. The number of guanidine groups is 1. The number of carbonyl (C=O) groups excluding carboxylic acids is 1. The van der Waals surface area contributed by atoms with Crippen molar-refractivity contribution in [3.05, 3.63) is 0 Å². The number of carbonyl (C=O) groups is 1. The van der Waals surface area contributed by atoms with E-state index in [0.717, 1.165) is 32.1 Å². The second-order valence-corrected chi connectivity index (χ2v) is 11.9.